The number of hydrogen-bond donors (Lipinski definition) is 0. The van der Waals surface area contributed by atoms with Gasteiger partial charge in [0.2, 0.25) is 0 Å². The van der Waals surface area contributed by atoms with Crippen LogP contribution in [0.5, 0.6) is 0 Å². The molecular weight excluding hydrogens is 1550 g/mol. The predicted octanol–water partition coefficient (Wildman–Crippen LogP) is 16.3. The highest BCUT2D eigenvalue weighted by molar-refractivity contribution is 14.1. The maximum atomic E-state index is 13.9. The van der Waals surface area contributed by atoms with Gasteiger partial charge in [-0.25, -0.2) is 18.7 Å². The fraction of sp³-hybridized carbons (Fsp3) is 0.333. The van der Waals surface area contributed by atoms with Gasteiger partial charge in [0.25, 0.3) is 0 Å². The van der Waals surface area contributed by atoms with Gasteiger partial charge in [-0.15, -0.1) is 20.4 Å². The molecule has 0 aliphatic heterocycles. The maximum Gasteiger partial charge on any atom is 0.416 e. The van der Waals surface area contributed by atoms with Crippen molar-refractivity contribution in [2.24, 2.45) is 10.8 Å². The van der Waals surface area contributed by atoms with Gasteiger partial charge in [-0.1, -0.05) is 57.4 Å². The van der Waals surface area contributed by atoms with Gasteiger partial charge in [-0.2, -0.15) is 52.7 Å². The molecule has 0 bridgehead atoms. The largest absolute Gasteiger partial charge is 0.416 e. The van der Waals surface area contributed by atoms with Crippen molar-refractivity contribution in [1.82, 2.24) is 60.0 Å². The van der Waals surface area contributed by atoms with Crippen LogP contribution in [0.4, 0.5) is 52.7 Å². The predicted molar refractivity (Wildman–Crippen MR) is 312 cm³/mol. The van der Waals surface area contributed by atoms with Crippen LogP contribution in [0.25, 0.3) is 56.4 Å². The molecule has 0 saturated heterocycles. The number of aromatic nitrogens is 12. The third kappa shape index (κ3) is 13.4. The zero-order chi connectivity index (χ0) is 59.8. The molecule has 428 valence electrons. The summed E-state index contributed by atoms with van der Waals surface area (Å²) in [5.41, 5.74) is -3.91. The number of halogens is 16. The molecule has 1 saturated carbocycles. The van der Waals surface area contributed by atoms with E-state index in [4.69, 9.17) is 0 Å². The van der Waals surface area contributed by atoms with Gasteiger partial charge in [0, 0.05) is 44.2 Å². The van der Waals surface area contributed by atoms with E-state index in [0.717, 1.165) is 22.2 Å². The lowest BCUT2D eigenvalue weighted by Crippen LogP contribution is -2.29. The highest BCUT2D eigenvalue weighted by atomic mass is 127. The van der Waals surface area contributed by atoms with Crippen LogP contribution in [0.15, 0.2) is 72.8 Å². The van der Waals surface area contributed by atoms with E-state index in [2.05, 4.69) is 110 Å². The first-order valence-corrected chi connectivity index (χ1v) is 28.8. The van der Waals surface area contributed by atoms with E-state index in [1.807, 2.05) is 50.9 Å². The minimum absolute atomic E-state index is 0.0391. The highest BCUT2D eigenvalue weighted by Crippen LogP contribution is 2.44. The average Bonchev–Trinajstić information content (AvgIpc) is 3.37. The van der Waals surface area contributed by atoms with Crippen LogP contribution in [-0.2, 0) is 24.7 Å². The van der Waals surface area contributed by atoms with Gasteiger partial charge in [-0.3, -0.25) is 0 Å². The van der Waals surface area contributed by atoms with Crippen molar-refractivity contribution in [3.05, 3.63) is 121 Å². The average molecular weight is 1590 g/mol. The Balaban J connectivity index is 1.09. The van der Waals surface area contributed by atoms with E-state index in [0.29, 0.717) is 89.3 Å². The van der Waals surface area contributed by atoms with Crippen molar-refractivity contribution in [3.8, 4) is 80.1 Å². The fourth-order valence-corrected chi connectivity index (χ4v) is 12.2. The molecule has 4 aromatic heterocycles. The SMILES string of the molecule is CC(C)(C)C#Cc1cc(-c2nnn(-c3cc(C(F)(F)F)cc(C(F)(F)F)c3)c2I)cc(-c2nnn([C@@H]3CCCC[C@H]3n3nnc(-c4cc(C#CC(C)(C)C)cc(-c5nnn(-c6cc(C(F)(F)F)cc(C(F)(F)F)c6)c5I)c4)c3I)c2I)c1. The molecule has 9 rings (SSSR count). The summed E-state index contributed by atoms with van der Waals surface area (Å²) < 4.78 is 174. The minimum Gasteiger partial charge on any atom is -0.233 e. The second-order valence-electron chi connectivity index (χ2n) is 21.2. The first kappa shape index (κ1) is 61.2. The summed E-state index contributed by atoms with van der Waals surface area (Å²) in [6.45, 7) is 11.5. The summed E-state index contributed by atoms with van der Waals surface area (Å²) in [6, 6.07) is 12.1. The summed E-state index contributed by atoms with van der Waals surface area (Å²) in [4.78, 5) is 0. The number of hydrogen-bond acceptors (Lipinski definition) is 8. The molecule has 0 amide bonds. The molecule has 4 heterocycles. The van der Waals surface area contributed by atoms with Crippen LogP contribution in [0, 0.1) is 49.3 Å². The molecule has 12 nitrogen and oxygen atoms in total. The van der Waals surface area contributed by atoms with Gasteiger partial charge in [-0.05, 0) is 218 Å². The Morgan fingerprint density at radius 3 is 0.951 bits per heavy atom. The number of nitrogens with zero attached hydrogens (tertiary/aromatic N) is 12. The summed E-state index contributed by atoms with van der Waals surface area (Å²) in [5.74, 6) is 12.8. The van der Waals surface area contributed by atoms with Crippen molar-refractivity contribution in [2.45, 2.75) is 104 Å². The van der Waals surface area contributed by atoms with E-state index < -0.39 is 69.2 Å². The molecule has 0 spiro atoms. The van der Waals surface area contributed by atoms with E-state index in [-0.39, 0.29) is 43.0 Å². The third-order valence-electron chi connectivity index (χ3n) is 12.6. The normalized spacial score (nSPS) is 15.5. The number of rotatable bonds is 8. The van der Waals surface area contributed by atoms with Crippen molar-refractivity contribution < 1.29 is 52.7 Å². The molecule has 1 fully saturated rings. The Morgan fingerprint density at radius 2 is 0.671 bits per heavy atom. The molecule has 82 heavy (non-hydrogen) atoms. The van der Waals surface area contributed by atoms with Crippen molar-refractivity contribution in [1.29, 1.82) is 0 Å². The molecule has 0 unspecified atom stereocenters. The summed E-state index contributed by atoms with van der Waals surface area (Å²) in [6.07, 6.45) is -17.4. The van der Waals surface area contributed by atoms with E-state index in [1.165, 1.54) is 0 Å². The topological polar surface area (TPSA) is 123 Å². The first-order chi connectivity index (χ1) is 38.0. The van der Waals surface area contributed by atoms with Crippen molar-refractivity contribution in [3.63, 3.8) is 0 Å². The Morgan fingerprint density at radius 1 is 0.390 bits per heavy atom. The minimum atomic E-state index is -5.09. The molecule has 1 aliphatic carbocycles. The second kappa shape index (κ2) is 22.6. The van der Waals surface area contributed by atoms with Crippen LogP contribution in [-0.4, -0.2) is 60.0 Å². The number of benzene rings is 4. The Hall–Kier alpha value is -5.36. The molecule has 4 aromatic carbocycles. The zero-order valence-electron chi connectivity index (χ0n) is 43.3. The zero-order valence-corrected chi connectivity index (χ0v) is 52.0. The van der Waals surface area contributed by atoms with Gasteiger partial charge in [0.1, 0.15) is 37.6 Å². The Kier molecular flexibility index (Phi) is 16.8. The molecular formula is C54H40F12I4N12. The van der Waals surface area contributed by atoms with Crippen LogP contribution in [0.3, 0.4) is 0 Å². The Bertz CT molecular complexity index is 3590. The van der Waals surface area contributed by atoms with E-state index >= 15 is 0 Å². The quantitative estimate of drug-likeness (QED) is 0.0837. The van der Waals surface area contributed by atoms with Crippen LogP contribution < -0.4 is 0 Å². The lowest BCUT2D eigenvalue weighted by molar-refractivity contribution is -0.144. The number of alkyl halides is 12. The Labute approximate surface area is 514 Å². The summed E-state index contributed by atoms with van der Waals surface area (Å²) >= 11 is 7.88. The molecule has 2 atom stereocenters. The van der Waals surface area contributed by atoms with Crippen molar-refractivity contribution >= 4 is 90.4 Å². The monoisotopic (exact) mass is 1590 g/mol. The molecule has 1 aliphatic rings. The molecule has 0 radical (unpaired) electrons. The van der Waals surface area contributed by atoms with Gasteiger partial charge < -0.3 is 0 Å². The smallest absolute Gasteiger partial charge is 0.233 e. The molecule has 0 N–H and O–H groups in total. The van der Waals surface area contributed by atoms with Crippen LogP contribution in [0.2, 0.25) is 0 Å². The molecule has 28 heteroatoms. The van der Waals surface area contributed by atoms with Gasteiger partial charge in [0.05, 0.1) is 45.7 Å². The van der Waals surface area contributed by atoms with E-state index in [1.54, 1.807) is 81.6 Å². The molecule has 8 aromatic rings. The summed E-state index contributed by atoms with van der Waals surface area (Å²) in [5, 5.41) is 35.2. The third-order valence-corrected chi connectivity index (χ3v) is 16.5. The maximum absolute atomic E-state index is 13.9. The summed E-state index contributed by atoms with van der Waals surface area (Å²) in [7, 11) is 0. The lowest BCUT2D eigenvalue weighted by Gasteiger charge is -2.32. The van der Waals surface area contributed by atoms with Gasteiger partial charge in [0.15, 0.2) is 0 Å². The van der Waals surface area contributed by atoms with E-state index in [9.17, 15) is 52.7 Å². The highest BCUT2D eigenvalue weighted by Gasteiger charge is 2.40. The standard InChI is InChI=1S/C54H40F12I4N12/c1-49(2,3)13-11-27-15-29(41-45(67)79(75-71-41)37-23-33(51(55,56)57)21-34(24-37)52(58,59)60)19-31(17-27)43-47(69)81(77-73-43)39-9-7-8-10-40(39)82-48(70)44(74-78-82)32-18-28(12-14-50(4,5)6)16-30(20-32)42-46(68)80(76-72-42)38-25-35(53(61,62)63)22-36(26-38)54(64,65)66/h15-26,39-40H,7-10H2,1-6H3/t39-,40-/m1/s1. The lowest BCUT2D eigenvalue weighted by atomic mass is 9.90. The van der Waals surface area contributed by atoms with Gasteiger partial charge >= 0.3 is 24.7 Å². The first-order valence-electron chi connectivity index (χ1n) is 24.5. The fourth-order valence-electron chi connectivity index (χ4n) is 8.82. The van der Waals surface area contributed by atoms with Crippen molar-refractivity contribution in [2.75, 3.05) is 0 Å². The van der Waals surface area contributed by atoms with Crippen LogP contribution >= 0.6 is 90.4 Å². The second-order valence-corrected chi connectivity index (χ2v) is 25.3. The van der Waals surface area contributed by atoms with Crippen LogP contribution in [0.1, 0.15) is 113 Å².